The highest BCUT2D eigenvalue weighted by molar-refractivity contribution is 5.92. The summed E-state index contributed by atoms with van der Waals surface area (Å²) in [6, 6.07) is 3.63. The number of carbonyl (C=O) groups is 3. The first-order chi connectivity index (χ1) is 15.3. The molecule has 186 valence electrons. The third-order valence-electron chi connectivity index (χ3n) is 5.34. The van der Waals surface area contributed by atoms with E-state index in [2.05, 4.69) is 10.6 Å². The highest BCUT2D eigenvalue weighted by atomic mass is 16.6. The number of aliphatic hydroxyl groups excluding tert-OH is 1. The Kier molecular flexibility index (Phi) is 10.8. The summed E-state index contributed by atoms with van der Waals surface area (Å²) in [5, 5.41) is 15.3. The average Bonchev–Trinajstić information content (AvgIpc) is 2.68. The van der Waals surface area contributed by atoms with Gasteiger partial charge in [-0.3, -0.25) is 9.59 Å². The lowest BCUT2D eigenvalue weighted by atomic mass is 9.95. The third kappa shape index (κ3) is 8.68. The van der Waals surface area contributed by atoms with Crippen molar-refractivity contribution in [2.24, 2.45) is 0 Å². The van der Waals surface area contributed by atoms with Gasteiger partial charge in [0.1, 0.15) is 17.7 Å². The number of aryl methyl sites for hydroxylation is 1. The Morgan fingerprint density at radius 1 is 1.12 bits per heavy atom. The summed E-state index contributed by atoms with van der Waals surface area (Å²) in [4.78, 5) is 40.4. The van der Waals surface area contributed by atoms with E-state index in [0.717, 1.165) is 24.0 Å². The Morgan fingerprint density at radius 3 is 2.30 bits per heavy atom. The molecule has 0 saturated heterocycles. The van der Waals surface area contributed by atoms with Gasteiger partial charge in [-0.25, -0.2) is 4.79 Å². The lowest BCUT2D eigenvalue weighted by Gasteiger charge is -2.34. The van der Waals surface area contributed by atoms with Gasteiger partial charge >= 0.3 is 6.09 Å². The predicted molar refractivity (Wildman–Crippen MR) is 129 cm³/mol. The lowest BCUT2D eigenvalue weighted by Crippen LogP contribution is -2.53. The Balaban J connectivity index is 3.34. The smallest absolute Gasteiger partial charge is 0.408 e. The summed E-state index contributed by atoms with van der Waals surface area (Å²) in [6.45, 7) is 14.2. The normalized spacial score (nSPS) is 14.1. The van der Waals surface area contributed by atoms with E-state index >= 15 is 0 Å². The molecule has 1 aromatic rings. The average molecular weight is 464 g/mol. The van der Waals surface area contributed by atoms with Crippen LogP contribution in [-0.4, -0.2) is 58.8 Å². The second kappa shape index (κ2) is 12.6. The van der Waals surface area contributed by atoms with Crippen LogP contribution in [0.3, 0.4) is 0 Å². The summed E-state index contributed by atoms with van der Waals surface area (Å²) < 4.78 is 5.26. The molecule has 0 aliphatic rings. The molecule has 0 spiro atoms. The van der Waals surface area contributed by atoms with Crippen molar-refractivity contribution in [2.75, 3.05) is 13.2 Å². The maximum Gasteiger partial charge on any atom is 0.408 e. The number of amides is 3. The molecule has 3 N–H and O–H groups in total. The molecule has 8 heteroatoms. The van der Waals surface area contributed by atoms with Crippen molar-refractivity contribution < 1.29 is 24.2 Å². The number of benzene rings is 1. The standard InChI is InChI=1S/C25H41N3O5/c1-9-11-17(3)26-22(30)21(20-13-10-12-16(2)18(20)4)28(14-15-29)23(31)19(5)27-24(32)33-25(6,7)8/h10,12-13,17,19,21,29H,9,11,14-15H2,1-8H3,(H,26,30)(H,27,32). The van der Waals surface area contributed by atoms with Crippen molar-refractivity contribution in [2.45, 2.75) is 92.0 Å². The summed E-state index contributed by atoms with van der Waals surface area (Å²) in [5.74, 6) is -0.810. The van der Waals surface area contributed by atoms with E-state index in [1.165, 1.54) is 11.8 Å². The topological polar surface area (TPSA) is 108 Å². The Morgan fingerprint density at radius 2 is 1.76 bits per heavy atom. The molecule has 0 bridgehead atoms. The van der Waals surface area contributed by atoms with Crippen molar-refractivity contribution in [3.05, 3.63) is 34.9 Å². The van der Waals surface area contributed by atoms with E-state index in [9.17, 15) is 19.5 Å². The largest absolute Gasteiger partial charge is 0.444 e. The van der Waals surface area contributed by atoms with Gasteiger partial charge in [0.25, 0.3) is 0 Å². The van der Waals surface area contributed by atoms with Gasteiger partial charge in [0.05, 0.1) is 6.61 Å². The molecule has 0 aliphatic heterocycles. The minimum atomic E-state index is -0.958. The van der Waals surface area contributed by atoms with Crippen LogP contribution >= 0.6 is 0 Å². The molecule has 3 atom stereocenters. The Bertz CT molecular complexity index is 819. The summed E-state index contributed by atoms with van der Waals surface area (Å²) >= 11 is 0. The van der Waals surface area contributed by atoms with Gasteiger partial charge in [-0.15, -0.1) is 0 Å². The summed E-state index contributed by atoms with van der Waals surface area (Å²) in [5.41, 5.74) is 1.85. The van der Waals surface area contributed by atoms with Gasteiger partial charge in [0, 0.05) is 12.6 Å². The Hall–Kier alpha value is -2.61. The molecule has 0 aromatic heterocycles. The number of alkyl carbamates (subject to hydrolysis) is 1. The maximum atomic E-state index is 13.4. The van der Waals surface area contributed by atoms with Crippen LogP contribution in [0.2, 0.25) is 0 Å². The number of hydrogen-bond acceptors (Lipinski definition) is 5. The van der Waals surface area contributed by atoms with E-state index in [1.807, 2.05) is 45.9 Å². The van der Waals surface area contributed by atoms with Crippen molar-refractivity contribution in [3.8, 4) is 0 Å². The Labute approximate surface area is 198 Å². The van der Waals surface area contributed by atoms with E-state index in [-0.39, 0.29) is 25.1 Å². The number of nitrogens with one attached hydrogen (secondary N) is 2. The zero-order valence-electron chi connectivity index (χ0n) is 21.3. The zero-order valence-corrected chi connectivity index (χ0v) is 21.3. The number of hydrogen-bond donors (Lipinski definition) is 3. The van der Waals surface area contributed by atoms with E-state index in [4.69, 9.17) is 4.74 Å². The van der Waals surface area contributed by atoms with Crippen molar-refractivity contribution >= 4 is 17.9 Å². The molecule has 1 aromatic carbocycles. The first kappa shape index (κ1) is 28.4. The fourth-order valence-electron chi connectivity index (χ4n) is 3.62. The number of rotatable bonds is 10. The number of nitrogens with zero attached hydrogens (tertiary/aromatic N) is 1. The van der Waals surface area contributed by atoms with Crippen LogP contribution in [-0.2, 0) is 14.3 Å². The molecule has 3 unspecified atom stereocenters. The lowest BCUT2D eigenvalue weighted by molar-refractivity contribution is -0.143. The van der Waals surface area contributed by atoms with E-state index in [0.29, 0.717) is 5.56 Å². The van der Waals surface area contributed by atoms with Crippen LogP contribution < -0.4 is 10.6 Å². The minimum Gasteiger partial charge on any atom is -0.444 e. The van der Waals surface area contributed by atoms with Gasteiger partial charge in [0.15, 0.2) is 0 Å². The van der Waals surface area contributed by atoms with Crippen molar-refractivity contribution in [1.82, 2.24) is 15.5 Å². The van der Waals surface area contributed by atoms with Gasteiger partial charge in [-0.1, -0.05) is 31.5 Å². The second-order valence-electron chi connectivity index (χ2n) is 9.51. The molecule has 8 nitrogen and oxygen atoms in total. The number of ether oxygens (including phenoxy) is 1. The quantitative estimate of drug-likeness (QED) is 0.493. The van der Waals surface area contributed by atoms with Gasteiger partial charge in [-0.2, -0.15) is 0 Å². The van der Waals surface area contributed by atoms with Crippen molar-refractivity contribution in [1.29, 1.82) is 0 Å². The summed E-state index contributed by atoms with van der Waals surface area (Å²) in [7, 11) is 0. The summed E-state index contributed by atoms with van der Waals surface area (Å²) in [6.07, 6.45) is 0.984. The zero-order chi connectivity index (χ0) is 25.3. The van der Waals surface area contributed by atoms with Crippen LogP contribution in [0.15, 0.2) is 18.2 Å². The first-order valence-electron chi connectivity index (χ1n) is 11.6. The molecule has 0 heterocycles. The fraction of sp³-hybridized carbons (Fsp3) is 0.640. The molecule has 1 rings (SSSR count). The molecule has 0 fully saturated rings. The number of carbonyl (C=O) groups excluding carboxylic acids is 3. The minimum absolute atomic E-state index is 0.0627. The predicted octanol–water partition coefficient (Wildman–Crippen LogP) is 3.38. The van der Waals surface area contributed by atoms with Crippen LogP contribution in [0.5, 0.6) is 0 Å². The SMILES string of the molecule is CCCC(C)NC(=O)C(c1cccc(C)c1C)N(CCO)C(=O)C(C)NC(=O)OC(C)(C)C. The van der Waals surface area contributed by atoms with Crippen molar-refractivity contribution in [3.63, 3.8) is 0 Å². The van der Waals surface area contributed by atoms with Gasteiger partial charge in [0.2, 0.25) is 11.8 Å². The molecule has 0 radical (unpaired) electrons. The fourth-order valence-corrected chi connectivity index (χ4v) is 3.62. The molecule has 0 saturated carbocycles. The maximum absolute atomic E-state index is 13.4. The highest BCUT2D eigenvalue weighted by Gasteiger charge is 2.35. The molecule has 0 aliphatic carbocycles. The second-order valence-corrected chi connectivity index (χ2v) is 9.51. The highest BCUT2D eigenvalue weighted by Crippen LogP contribution is 2.27. The molecule has 33 heavy (non-hydrogen) atoms. The van der Waals surface area contributed by atoms with E-state index in [1.54, 1.807) is 20.8 Å². The molecular formula is C25H41N3O5. The van der Waals surface area contributed by atoms with Crippen LogP contribution in [0, 0.1) is 13.8 Å². The molecular weight excluding hydrogens is 422 g/mol. The van der Waals surface area contributed by atoms with Crippen LogP contribution in [0.4, 0.5) is 4.79 Å². The van der Waals surface area contributed by atoms with E-state index < -0.39 is 29.7 Å². The third-order valence-corrected chi connectivity index (χ3v) is 5.34. The number of aliphatic hydroxyl groups is 1. The van der Waals surface area contributed by atoms with Gasteiger partial charge < -0.3 is 25.4 Å². The van der Waals surface area contributed by atoms with Gasteiger partial charge in [-0.05, 0) is 71.6 Å². The monoisotopic (exact) mass is 463 g/mol. The van der Waals surface area contributed by atoms with Crippen LogP contribution in [0.25, 0.3) is 0 Å². The van der Waals surface area contributed by atoms with Crippen LogP contribution in [0.1, 0.15) is 77.1 Å². The first-order valence-corrected chi connectivity index (χ1v) is 11.6. The molecule has 3 amide bonds.